The van der Waals surface area contributed by atoms with Crippen molar-refractivity contribution in [2.45, 2.75) is 11.8 Å². The first-order valence-electron chi connectivity index (χ1n) is 6.13. The maximum absolute atomic E-state index is 13.7. The zero-order valence-electron chi connectivity index (χ0n) is 10.9. The number of rotatable bonds is 4. The van der Waals surface area contributed by atoms with Gasteiger partial charge in [0.05, 0.1) is 6.61 Å². The van der Waals surface area contributed by atoms with Gasteiger partial charge in [0.25, 0.3) is 5.91 Å². The summed E-state index contributed by atoms with van der Waals surface area (Å²) in [5.41, 5.74) is 0.840. The lowest BCUT2D eigenvalue weighted by Crippen LogP contribution is -2.12. The van der Waals surface area contributed by atoms with Gasteiger partial charge in [0, 0.05) is 22.2 Å². The molecule has 5 heteroatoms. The van der Waals surface area contributed by atoms with Gasteiger partial charge in [-0.25, -0.2) is 4.39 Å². The Morgan fingerprint density at radius 2 is 2.10 bits per heavy atom. The summed E-state index contributed by atoms with van der Waals surface area (Å²) in [6.45, 7) is 2.16. The third-order valence-electron chi connectivity index (χ3n) is 2.60. The maximum Gasteiger partial charge on any atom is 0.255 e. The third kappa shape index (κ3) is 3.51. The van der Waals surface area contributed by atoms with Gasteiger partial charge in [-0.1, -0.05) is 6.07 Å². The molecule has 0 aliphatic rings. The standard InChI is InChI=1S/C15H14FNO2S/c1-2-19-14-7-6-11(9-13(14)16)17-15(18)10-4-3-5-12(20)8-10/h3-9,20H,2H2,1H3,(H,17,18). The lowest BCUT2D eigenvalue weighted by Gasteiger charge is -2.08. The fourth-order valence-corrected chi connectivity index (χ4v) is 1.93. The van der Waals surface area contributed by atoms with Crippen molar-refractivity contribution >= 4 is 24.2 Å². The van der Waals surface area contributed by atoms with E-state index in [-0.39, 0.29) is 11.7 Å². The minimum Gasteiger partial charge on any atom is -0.491 e. The smallest absolute Gasteiger partial charge is 0.255 e. The Kier molecular flexibility index (Phi) is 4.63. The van der Waals surface area contributed by atoms with Crippen molar-refractivity contribution < 1.29 is 13.9 Å². The molecule has 0 aromatic heterocycles. The Morgan fingerprint density at radius 3 is 2.75 bits per heavy atom. The van der Waals surface area contributed by atoms with E-state index in [2.05, 4.69) is 17.9 Å². The molecule has 0 radical (unpaired) electrons. The third-order valence-corrected chi connectivity index (χ3v) is 2.88. The molecule has 0 saturated heterocycles. The Labute approximate surface area is 122 Å². The average Bonchev–Trinajstić information content (AvgIpc) is 2.42. The molecule has 2 aromatic carbocycles. The predicted molar refractivity (Wildman–Crippen MR) is 79.2 cm³/mol. The quantitative estimate of drug-likeness (QED) is 0.842. The van der Waals surface area contributed by atoms with Gasteiger partial charge in [0.15, 0.2) is 11.6 Å². The van der Waals surface area contributed by atoms with Crippen LogP contribution in [0.3, 0.4) is 0 Å². The first kappa shape index (κ1) is 14.4. The molecule has 0 saturated carbocycles. The number of anilines is 1. The Morgan fingerprint density at radius 1 is 1.30 bits per heavy atom. The number of carbonyl (C=O) groups is 1. The first-order valence-corrected chi connectivity index (χ1v) is 6.57. The van der Waals surface area contributed by atoms with Crippen molar-refractivity contribution in [2.24, 2.45) is 0 Å². The predicted octanol–water partition coefficient (Wildman–Crippen LogP) is 3.77. The summed E-state index contributed by atoms with van der Waals surface area (Å²) in [5, 5.41) is 2.63. The number of hydrogen-bond donors (Lipinski definition) is 2. The van der Waals surface area contributed by atoms with Crippen LogP contribution in [0.15, 0.2) is 47.4 Å². The molecule has 0 bridgehead atoms. The minimum absolute atomic E-state index is 0.169. The van der Waals surface area contributed by atoms with Gasteiger partial charge in [-0.3, -0.25) is 4.79 Å². The van der Waals surface area contributed by atoms with Crippen LogP contribution in [0.2, 0.25) is 0 Å². The Balaban J connectivity index is 2.14. The highest BCUT2D eigenvalue weighted by molar-refractivity contribution is 7.80. The van der Waals surface area contributed by atoms with E-state index in [1.54, 1.807) is 37.3 Å². The van der Waals surface area contributed by atoms with E-state index in [0.29, 0.717) is 22.8 Å². The molecule has 0 aliphatic heterocycles. The summed E-state index contributed by atoms with van der Waals surface area (Å²) in [5.74, 6) is -0.653. The number of carbonyl (C=O) groups excluding carboxylic acids is 1. The second-order valence-electron chi connectivity index (χ2n) is 4.08. The Hall–Kier alpha value is -2.01. The van der Waals surface area contributed by atoms with Crippen LogP contribution >= 0.6 is 12.6 Å². The fourth-order valence-electron chi connectivity index (χ4n) is 1.70. The van der Waals surface area contributed by atoms with Crippen LogP contribution in [0.25, 0.3) is 0 Å². The van der Waals surface area contributed by atoms with Crippen molar-refractivity contribution in [2.75, 3.05) is 11.9 Å². The molecule has 0 aliphatic carbocycles. The number of amides is 1. The summed E-state index contributed by atoms with van der Waals surface area (Å²) in [6.07, 6.45) is 0. The number of benzene rings is 2. The number of ether oxygens (including phenoxy) is 1. The molecule has 0 heterocycles. The summed E-state index contributed by atoms with van der Waals surface area (Å²) in [6, 6.07) is 11.1. The number of thiol groups is 1. The van der Waals surface area contributed by atoms with Crippen LogP contribution < -0.4 is 10.1 Å². The molecule has 1 amide bonds. The van der Waals surface area contributed by atoms with Crippen LogP contribution in [0.5, 0.6) is 5.75 Å². The topological polar surface area (TPSA) is 38.3 Å². The van der Waals surface area contributed by atoms with Crippen molar-refractivity contribution in [1.82, 2.24) is 0 Å². The van der Waals surface area contributed by atoms with Crippen LogP contribution in [0.1, 0.15) is 17.3 Å². The molecular formula is C15H14FNO2S. The van der Waals surface area contributed by atoms with E-state index in [9.17, 15) is 9.18 Å². The minimum atomic E-state index is -0.507. The van der Waals surface area contributed by atoms with Gasteiger partial charge >= 0.3 is 0 Å². The molecule has 0 spiro atoms. The van der Waals surface area contributed by atoms with Crippen LogP contribution in [0.4, 0.5) is 10.1 Å². The zero-order chi connectivity index (χ0) is 14.5. The Bertz CT molecular complexity index is 631. The van der Waals surface area contributed by atoms with Gasteiger partial charge in [-0.15, -0.1) is 12.6 Å². The van der Waals surface area contributed by atoms with Gasteiger partial charge in [0.1, 0.15) is 0 Å². The SMILES string of the molecule is CCOc1ccc(NC(=O)c2cccc(S)c2)cc1F. The summed E-state index contributed by atoms with van der Waals surface area (Å²) >= 11 is 4.17. The van der Waals surface area contributed by atoms with Crippen LogP contribution in [-0.2, 0) is 0 Å². The molecule has 104 valence electrons. The summed E-state index contributed by atoms with van der Waals surface area (Å²) in [7, 11) is 0. The average molecular weight is 291 g/mol. The van der Waals surface area contributed by atoms with Crippen molar-refractivity contribution in [1.29, 1.82) is 0 Å². The summed E-state index contributed by atoms with van der Waals surface area (Å²) in [4.78, 5) is 12.7. The van der Waals surface area contributed by atoms with E-state index < -0.39 is 5.82 Å². The molecule has 3 nitrogen and oxygen atoms in total. The van der Waals surface area contributed by atoms with E-state index in [1.165, 1.54) is 12.1 Å². The molecule has 0 unspecified atom stereocenters. The zero-order valence-corrected chi connectivity index (χ0v) is 11.8. The molecule has 1 N–H and O–H groups in total. The van der Waals surface area contributed by atoms with E-state index in [4.69, 9.17) is 4.74 Å². The lowest BCUT2D eigenvalue weighted by atomic mass is 10.2. The normalized spacial score (nSPS) is 10.2. The highest BCUT2D eigenvalue weighted by Crippen LogP contribution is 2.21. The second kappa shape index (κ2) is 6.43. The molecule has 2 aromatic rings. The van der Waals surface area contributed by atoms with E-state index in [0.717, 1.165) is 0 Å². The molecular weight excluding hydrogens is 277 g/mol. The fraction of sp³-hybridized carbons (Fsp3) is 0.133. The number of halogens is 1. The van der Waals surface area contributed by atoms with E-state index >= 15 is 0 Å². The monoisotopic (exact) mass is 291 g/mol. The van der Waals surface area contributed by atoms with Gasteiger partial charge < -0.3 is 10.1 Å². The van der Waals surface area contributed by atoms with Crippen LogP contribution in [0, 0.1) is 5.82 Å². The molecule has 2 rings (SSSR count). The van der Waals surface area contributed by atoms with E-state index in [1.807, 2.05) is 0 Å². The van der Waals surface area contributed by atoms with Crippen molar-refractivity contribution in [3.63, 3.8) is 0 Å². The first-order chi connectivity index (χ1) is 9.60. The maximum atomic E-state index is 13.7. The molecule has 20 heavy (non-hydrogen) atoms. The lowest BCUT2D eigenvalue weighted by molar-refractivity contribution is 0.102. The highest BCUT2D eigenvalue weighted by atomic mass is 32.1. The van der Waals surface area contributed by atoms with Gasteiger partial charge in [0.2, 0.25) is 0 Å². The van der Waals surface area contributed by atoms with Crippen LogP contribution in [-0.4, -0.2) is 12.5 Å². The molecule has 0 fully saturated rings. The number of hydrogen-bond acceptors (Lipinski definition) is 3. The summed E-state index contributed by atoms with van der Waals surface area (Å²) < 4.78 is 18.8. The van der Waals surface area contributed by atoms with Gasteiger partial charge in [-0.05, 0) is 37.3 Å². The largest absolute Gasteiger partial charge is 0.491 e. The number of nitrogens with one attached hydrogen (secondary N) is 1. The second-order valence-corrected chi connectivity index (χ2v) is 4.60. The highest BCUT2D eigenvalue weighted by Gasteiger charge is 2.09. The molecule has 0 atom stereocenters. The van der Waals surface area contributed by atoms with Crippen molar-refractivity contribution in [3.05, 3.63) is 53.8 Å². The van der Waals surface area contributed by atoms with Gasteiger partial charge in [-0.2, -0.15) is 0 Å². The van der Waals surface area contributed by atoms with Crippen molar-refractivity contribution in [3.8, 4) is 5.75 Å².